The molecule has 102 valence electrons. The molecule has 2 nitrogen and oxygen atoms in total. The van der Waals surface area contributed by atoms with Crippen molar-refractivity contribution in [2.45, 2.75) is 13.8 Å². The second-order valence-electron chi connectivity index (χ2n) is 4.64. The summed E-state index contributed by atoms with van der Waals surface area (Å²) in [5, 5.41) is 2.75. The highest BCUT2D eigenvalue weighted by Crippen LogP contribution is 2.14. The van der Waals surface area contributed by atoms with Crippen molar-refractivity contribution in [2.75, 3.05) is 5.32 Å². The van der Waals surface area contributed by atoms with Crippen LogP contribution in [0.2, 0.25) is 0 Å². The van der Waals surface area contributed by atoms with Crippen molar-refractivity contribution >= 4 is 17.7 Å². The van der Waals surface area contributed by atoms with Crippen molar-refractivity contribution in [3.8, 4) is 0 Å². The van der Waals surface area contributed by atoms with E-state index in [9.17, 15) is 9.18 Å². The van der Waals surface area contributed by atoms with Gasteiger partial charge in [-0.1, -0.05) is 24.3 Å². The third kappa shape index (κ3) is 3.54. The van der Waals surface area contributed by atoms with Crippen molar-refractivity contribution in [2.24, 2.45) is 0 Å². The molecule has 0 aliphatic carbocycles. The molecule has 0 bridgehead atoms. The maximum Gasteiger partial charge on any atom is 0.248 e. The first-order valence-corrected chi connectivity index (χ1v) is 6.37. The van der Waals surface area contributed by atoms with Gasteiger partial charge in [0, 0.05) is 17.3 Å². The fourth-order valence-electron chi connectivity index (χ4n) is 1.78. The van der Waals surface area contributed by atoms with Crippen molar-refractivity contribution < 1.29 is 9.18 Å². The van der Waals surface area contributed by atoms with Gasteiger partial charge in [-0.25, -0.2) is 4.39 Å². The van der Waals surface area contributed by atoms with Gasteiger partial charge in [-0.05, 0) is 49.2 Å². The molecule has 0 fully saturated rings. The van der Waals surface area contributed by atoms with Gasteiger partial charge in [0.2, 0.25) is 5.91 Å². The molecule has 0 aliphatic rings. The minimum absolute atomic E-state index is 0.281. The van der Waals surface area contributed by atoms with Crippen LogP contribution < -0.4 is 5.32 Å². The Balaban J connectivity index is 2.06. The summed E-state index contributed by atoms with van der Waals surface area (Å²) in [7, 11) is 0. The molecular weight excluding hydrogens is 253 g/mol. The van der Waals surface area contributed by atoms with E-state index in [4.69, 9.17) is 0 Å². The molecule has 2 rings (SSSR count). The maximum absolute atomic E-state index is 13.4. The van der Waals surface area contributed by atoms with E-state index < -0.39 is 0 Å². The molecule has 1 amide bonds. The highest BCUT2D eigenvalue weighted by atomic mass is 19.1. The van der Waals surface area contributed by atoms with Gasteiger partial charge in [0.05, 0.1) is 0 Å². The molecule has 0 radical (unpaired) electrons. The van der Waals surface area contributed by atoms with Gasteiger partial charge in [0.15, 0.2) is 0 Å². The largest absolute Gasteiger partial charge is 0.323 e. The van der Waals surface area contributed by atoms with Crippen molar-refractivity contribution in [3.05, 3.63) is 71.0 Å². The fraction of sp³-hybridized carbons (Fsp3) is 0.118. The number of hydrogen-bond donors (Lipinski definition) is 1. The number of hydrogen-bond acceptors (Lipinski definition) is 1. The fourth-order valence-corrected chi connectivity index (χ4v) is 1.78. The van der Waals surface area contributed by atoms with Crippen LogP contribution in [0.15, 0.2) is 48.5 Å². The lowest BCUT2D eigenvalue weighted by Crippen LogP contribution is -2.08. The smallest absolute Gasteiger partial charge is 0.248 e. The Kier molecular flexibility index (Phi) is 4.31. The van der Waals surface area contributed by atoms with Crippen molar-refractivity contribution in [1.82, 2.24) is 0 Å². The number of anilines is 1. The molecular formula is C17H16FNO. The first-order valence-electron chi connectivity index (χ1n) is 6.37. The highest BCUT2D eigenvalue weighted by Gasteiger charge is 2.01. The van der Waals surface area contributed by atoms with Crippen molar-refractivity contribution in [3.63, 3.8) is 0 Å². The number of nitrogens with one attached hydrogen (secondary N) is 1. The second kappa shape index (κ2) is 6.15. The van der Waals surface area contributed by atoms with Crippen LogP contribution in [0.3, 0.4) is 0 Å². The molecule has 2 aromatic rings. The zero-order valence-electron chi connectivity index (χ0n) is 11.5. The molecule has 0 saturated heterocycles. The Morgan fingerprint density at radius 2 is 1.85 bits per heavy atom. The first kappa shape index (κ1) is 14.0. The summed E-state index contributed by atoms with van der Waals surface area (Å²) in [6.45, 7) is 4.00. The summed E-state index contributed by atoms with van der Waals surface area (Å²) in [6, 6.07) is 12.0. The molecule has 2 aromatic carbocycles. The summed E-state index contributed by atoms with van der Waals surface area (Å²) in [5.74, 6) is -0.626. The van der Waals surface area contributed by atoms with Crippen LogP contribution in [0.25, 0.3) is 6.08 Å². The predicted octanol–water partition coefficient (Wildman–Crippen LogP) is 4.09. The van der Waals surface area contributed by atoms with E-state index in [2.05, 4.69) is 5.32 Å². The Morgan fingerprint density at radius 3 is 2.55 bits per heavy atom. The molecule has 0 spiro atoms. The number of halogens is 1. The SMILES string of the molecule is Cc1ccc(NC(=O)/C=C/c2ccccc2F)cc1C. The zero-order valence-corrected chi connectivity index (χ0v) is 11.5. The molecule has 0 heterocycles. The Labute approximate surface area is 118 Å². The van der Waals surface area contributed by atoms with E-state index in [0.717, 1.165) is 11.3 Å². The number of benzene rings is 2. The quantitative estimate of drug-likeness (QED) is 0.835. The molecule has 0 saturated carbocycles. The van der Waals surface area contributed by atoms with Gasteiger partial charge in [-0.2, -0.15) is 0 Å². The summed E-state index contributed by atoms with van der Waals surface area (Å²) in [5.41, 5.74) is 3.41. The predicted molar refractivity (Wildman–Crippen MR) is 80.0 cm³/mol. The molecule has 0 atom stereocenters. The summed E-state index contributed by atoms with van der Waals surface area (Å²) >= 11 is 0. The Hall–Kier alpha value is -2.42. The average Bonchev–Trinajstić information content (AvgIpc) is 2.42. The van der Waals surface area contributed by atoms with Crippen LogP contribution in [0.4, 0.5) is 10.1 Å². The lowest BCUT2D eigenvalue weighted by Gasteiger charge is -2.05. The van der Waals surface area contributed by atoms with Crippen LogP contribution in [-0.4, -0.2) is 5.91 Å². The second-order valence-corrected chi connectivity index (χ2v) is 4.64. The minimum Gasteiger partial charge on any atom is -0.323 e. The normalized spacial score (nSPS) is 10.8. The van der Waals surface area contributed by atoms with E-state index in [0.29, 0.717) is 5.56 Å². The van der Waals surface area contributed by atoms with Crippen LogP contribution in [0.1, 0.15) is 16.7 Å². The molecule has 3 heteroatoms. The minimum atomic E-state index is -0.345. The maximum atomic E-state index is 13.4. The first-order chi connectivity index (χ1) is 9.56. The standard InChI is InChI=1S/C17H16FNO/c1-12-7-9-15(11-13(12)2)19-17(20)10-8-14-5-3-4-6-16(14)18/h3-11H,1-2H3,(H,19,20)/b10-8+. The third-order valence-corrected chi connectivity index (χ3v) is 3.09. The van der Waals surface area contributed by atoms with Crippen LogP contribution >= 0.6 is 0 Å². The molecule has 0 aliphatic heterocycles. The lowest BCUT2D eigenvalue weighted by molar-refractivity contribution is -0.111. The Bertz CT molecular complexity index is 662. The number of carbonyl (C=O) groups excluding carboxylic acids is 1. The monoisotopic (exact) mass is 269 g/mol. The van der Waals surface area contributed by atoms with Crippen LogP contribution in [0.5, 0.6) is 0 Å². The van der Waals surface area contributed by atoms with Gasteiger partial charge in [-0.15, -0.1) is 0 Å². The number of rotatable bonds is 3. The molecule has 20 heavy (non-hydrogen) atoms. The van der Waals surface area contributed by atoms with E-state index >= 15 is 0 Å². The van der Waals surface area contributed by atoms with E-state index in [1.807, 2.05) is 32.0 Å². The van der Waals surface area contributed by atoms with Gasteiger partial charge in [-0.3, -0.25) is 4.79 Å². The lowest BCUT2D eigenvalue weighted by atomic mass is 10.1. The van der Waals surface area contributed by atoms with Crippen molar-refractivity contribution in [1.29, 1.82) is 0 Å². The van der Waals surface area contributed by atoms with Crippen LogP contribution in [0, 0.1) is 19.7 Å². The summed E-state index contributed by atoms with van der Waals surface area (Å²) in [6.07, 6.45) is 2.79. The number of carbonyl (C=O) groups is 1. The molecule has 0 aromatic heterocycles. The molecule has 0 unspecified atom stereocenters. The Morgan fingerprint density at radius 1 is 1.10 bits per heavy atom. The zero-order chi connectivity index (χ0) is 14.5. The summed E-state index contributed by atoms with van der Waals surface area (Å²) < 4.78 is 13.4. The topological polar surface area (TPSA) is 29.1 Å². The van der Waals surface area contributed by atoms with Crippen LogP contribution in [-0.2, 0) is 4.79 Å². The average molecular weight is 269 g/mol. The van der Waals surface area contributed by atoms with Gasteiger partial charge in [0.25, 0.3) is 0 Å². The third-order valence-electron chi connectivity index (χ3n) is 3.09. The van der Waals surface area contributed by atoms with Gasteiger partial charge < -0.3 is 5.32 Å². The molecule has 1 N–H and O–H groups in total. The van der Waals surface area contributed by atoms with E-state index in [1.54, 1.807) is 18.2 Å². The van der Waals surface area contributed by atoms with Gasteiger partial charge in [0.1, 0.15) is 5.82 Å². The number of amides is 1. The van der Waals surface area contributed by atoms with E-state index in [1.165, 1.54) is 23.8 Å². The van der Waals surface area contributed by atoms with E-state index in [-0.39, 0.29) is 11.7 Å². The van der Waals surface area contributed by atoms with Gasteiger partial charge >= 0.3 is 0 Å². The summed E-state index contributed by atoms with van der Waals surface area (Å²) in [4.78, 5) is 11.8. The highest BCUT2D eigenvalue weighted by molar-refractivity contribution is 6.02. The number of aryl methyl sites for hydroxylation is 2.